The molecule has 0 saturated carbocycles. The Balaban J connectivity index is 1.71. The number of aromatic nitrogens is 3. The molecule has 2 heterocycles. The molecule has 4 rings (SSSR count). The first-order valence-electron chi connectivity index (χ1n) is 7.96. The largest absolute Gasteiger partial charge is 0.421 e. The molecule has 0 N–H and O–H groups in total. The van der Waals surface area contributed by atoms with Crippen molar-refractivity contribution in [2.75, 3.05) is 0 Å². The van der Waals surface area contributed by atoms with Crippen molar-refractivity contribution in [3.05, 3.63) is 58.5 Å². The van der Waals surface area contributed by atoms with Crippen LogP contribution in [0.1, 0.15) is 11.1 Å². The van der Waals surface area contributed by atoms with Gasteiger partial charge in [-0.25, -0.2) is 14.4 Å². The van der Waals surface area contributed by atoms with Crippen LogP contribution in [0.15, 0.2) is 40.9 Å². The second-order valence-corrected chi connectivity index (χ2v) is 6.41. The lowest BCUT2D eigenvalue weighted by atomic mass is 10.1. The van der Waals surface area contributed by atoms with Gasteiger partial charge in [0.15, 0.2) is 17.3 Å². The average molecular weight is 385 g/mol. The highest BCUT2D eigenvalue weighted by atomic mass is 35.5. The van der Waals surface area contributed by atoms with Crippen LogP contribution in [-0.4, -0.2) is 15.0 Å². The van der Waals surface area contributed by atoms with Crippen LogP contribution >= 0.6 is 11.6 Å². The van der Waals surface area contributed by atoms with E-state index in [0.717, 1.165) is 0 Å². The van der Waals surface area contributed by atoms with Gasteiger partial charge in [0.2, 0.25) is 5.89 Å². The van der Waals surface area contributed by atoms with Gasteiger partial charge in [0, 0.05) is 16.7 Å². The SMILES string of the molecule is Cc1cc(-c2nc3cnc(Oc4cc(Cl)ccc4F)nc3o2)cc(C)c1[O]. The molecular formula is C19H12ClFN3O3. The molecule has 0 saturated heterocycles. The molecule has 0 aliphatic rings. The van der Waals surface area contributed by atoms with E-state index in [1.54, 1.807) is 26.0 Å². The molecular weight excluding hydrogens is 373 g/mol. The van der Waals surface area contributed by atoms with Crippen LogP contribution in [0.3, 0.4) is 0 Å². The van der Waals surface area contributed by atoms with Crippen LogP contribution in [0.25, 0.3) is 22.7 Å². The molecule has 2 aromatic carbocycles. The zero-order chi connectivity index (χ0) is 19.1. The van der Waals surface area contributed by atoms with Crippen molar-refractivity contribution in [2.24, 2.45) is 0 Å². The average Bonchev–Trinajstić information content (AvgIpc) is 3.06. The van der Waals surface area contributed by atoms with E-state index in [1.165, 1.54) is 24.4 Å². The molecule has 0 bridgehead atoms. The van der Waals surface area contributed by atoms with Crippen LogP contribution in [0.2, 0.25) is 5.02 Å². The Morgan fingerprint density at radius 1 is 1.11 bits per heavy atom. The second kappa shape index (κ2) is 6.51. The molecule has 135 valence electrons. The smallest absolute Gasteiger partial charge is 0.325 e. The van der Waals surface area contributed by atoms with E-state index in [4.69, 9.17) is 20.8 Å². The van der Waals surface area contributed by atoms with E-state index in [-0.39, 0.29) is 23.2 Å². The number of oxazole rings is 1. The van der Waals surface area contributed by atoms with Crippen molar-refractivity contribution >= 4 is 22.8 Å². The molecule has 0 aliphatic heterocycles. The number of fused-ring (bicyclic) bond motifs is 1. The number of rotatable bonds is 3. The molecule has 0 amide bonds. The minimum absolute atomic E-state index is 0.0195. The maximum atomic E-state index is 13.8. The third-order valence-corrected chi connectivity index (χ3v) is 4.17. The lowest BCUT2D eigenvalue weighted by molar-refractivity contribution is 0.348. The lowest BCUT2D eigenvalue weighted by Crippen LogP contribution is -1.93. The fraction of sp³-hybridized carbons (Fsp3) is 0.105. The Morgan fingerprint density at radius 3 is 2.59 bits per heavy atom. The van der Waals surface area contributed by atoms with E-state index in [2.05, 4.69) is 15.0 Å². The van der Waals surface area contributed by atoms with Gasteiger partial charge in [0.1, 0.15) is 5.52 Å². The summed E-state index contributed by atoms with van der Waals surface area (Å²) >= 11 is 5.85. The van der Waals surface area contributed by atoms with Gasteiger partial charge in [-0.3, -0.25) is 5.11 Å². The van der Waals surface area contributed by atoms with Gasteiger partial charge >= 0.3 is 6.01 Å². The topological polar surface area (TPSA) is 80.9 Å². The predicted octanol–water partition coefficient (Wildman–Crippen LogP) is 5.63. The van der Waals surface area contributed by atoms with Crippen LogP contribution in [0.5, 0.6) is 17.5 Å². The van der Waals surface area contributed by atoms with Gasteiger partial charge in [-0.1, -0.05) is 11.6 Å². The van der Waals surface area contributed by atoms with Gasteiger partial charge < -0.3 is 9.15 Å². The number of hydrogen-bond acceptors (Lipinski definition) is 5. The van der Waals surface area contributed by atoms with Crippen molar-refractivity contribution in [1.82, 2.24) is 15.0 Å². The summed E-state index contributed by atoms with van der Waals surface area (Å²) in [6, 6.07) is 7.22. The molecule has 0 fully saturated rings. The summed E-state index contributed by atoms with van der Waals surface area (Å²) in [5, 5.41) is 12.2. The number of nitrogens with zero attached hydrogens (tertiary/aromatic N) is 3. The predicted molar refractivity (Wildman–Crippen MR) is 96.1 cm³/mol. The summed E-state index contributed by atoms with van der Waals surface area (Å²) in [5.41, 5.74) is 2.44. The first-order valence-corrected chi connectivity index (χ1v) is 8.33. The van der Waals surface area contributed by atoms with E-state index < -0.39 is 5.82 Å². The Kier molecular flexibility index (Phi) is 4.16. The molecule has 8 heteroatoms. The molecule has 0 atom stereocenters. The maximum absolute atomic E-state index is 13.8. The minimum atomic E-state index is -0.593. The van der Waals surface area contributed by atoms with Crippen molar-refractivity contribution in [1.29, 1.82) is 0 Å². The van der Waals surface area contributed by atoms with Gasteiger partial charge in [-0.2, -0.15) is 4.98 Å². The maximum Gasteiger partial charge on any atom is 0.325 e. The lowest BCUT2D eigenvalue weighted by Gasteiger charge is -2.04. The Labute approximate surface area is 158 Å². The van der Waals surface area contributed by atoms with Gasteiger partial charge in [0.25, 0.3) is 5.71 Å². The van der Waals surface area contributed by atoms with Crippen LogP contribution < -0.4 is 4.74 Å². The highest BCUT2D eigenvalue weighted by Gasteiger charge is 2.15. The highest BCUT2D eigenvalue weighted by Crippen LogP contribution is 2.31. The Hall–Kier alpha value is -3.19. The molecule has 2 aromatic heterocycles. The van der Waals surface area contributed by atoms with Crippen LogP contribution in [0.4, 0.5) is 4.39 Å². The van der Waals surface area contributed by atoms with Gasteiger partial charge in [0.05, 0.1) is 6.20 Å². The van der Waals surface area contributed by atoms with Crippen molar-refractivity contribution < 1.29 is 18.7 Å². The van der Waals surface area contributed by atoms with E-state index in [0.29, 0.717) is 33.1 Å². The van der Waals surface area contributed by atoms with E-state index >= 15 is 0 Å². The van der Waals surface area contributed by atoms with Gasteiger partial charge in [-0.05, 0) is 49.2 Å². The zero-order valence-corrected chi connectivity index (χ0v) is 15.0. The first kappa shape index (κ1) is 17.2. The summed E-state index contributed by atoms with van der Waals surface area (Å²) in [7, 11) is 0. The second-order valence-electron chi connectivity index (χ2n) is 5.98. The summed E-state index contributed by atoms with van der Waals surface area (Å²) in [5.74, 6) is -0.408. The normalized spacial score (nSPS) is 11.1. The summed E-state index contributed by atoms with van der Waals surface area (Å²) in [4.78, 5) is 12.5. The van der Waals surface area contributed by atoms with Gasteiger partial charge in [-0.15, -0.1) is 0 Å². The molecule has 27 heavy (non-hydrogen) atoms. The molecule has 0 aliphatic carbocycles. The monoisotopic (exact) mass is 384 g/mol. The van der Waals surface area contributed by atoms with Crippen LogP contribution in [0, 0.1) is 19.7 Å². The molecule has 4 aromatic rings. The van der Waals surface area contributed by atoms with Crippen LogP contribution in [-0.2, 0) is 5.11 Å². The fourth-order valence-electron chi connectivity index (χ4n) is 2.62. The minimum Gasteiger partial charge on any atom is -0.421 e. The number of benzene rings is 2. The highest BCUT2D eigenvalue weighted by molar-refractivity contribution is 6.30. The number of hydrogen-bond donors (Lipinski definition) is 0. The Morgan fingerprint density at radius 2 is 1.85 bits per heavy atom. The van der Waals surface area contributed by atoms with Crippen molar-refractivity contribution in [2.45, 2.75) is 13.8 Å². The van der Waals surface area contributed by atoms with E-state index in [1.807, 2.05) is 0 Å². The summed E-state index contributed by atoms with van der Waals surface area (Å²) < 4.78 is 24.8. The number of ether oxygens (including phenoxy) is 1. The first-order chi connectivity index (χ1) is 12.9. The third-order valence-electron chi connectivity index (χ3n) is 3.93. The summed E-state index contributed by atoms with van der Waals surface area (Å²) in [6.07, 6.45) is 1.41. The Bertz CT molecular complexity index is 1150. The number of halogens is 2. The van der Waals surface area contributed by atoms with E-state index in [9.17, 15) is 9.50 Å². The zero-order valence-electron chi connectivity index (χ0n) is 14.3. The molecule has 1 radical (unpaired) electrons. The molecule has 6 nitrogen and oxygen atoms in total. The quantitative estimate of drug-likeness (QED) is 0.457. The standard InChI is InChI=1S/C19H12ClFN3O3/c1-9-5-11(6-10(2)16(9)25)17-23-14-8-22-19(24-18(14)27-17)26-15-7-12(20)3-4-13(15)21/h3-8H,1-2H3. The van der Waals surface area contributed by atoms with Crippen molar-refractivity contribution in [3.8, 4) is 29.0 Å². The molecule has 0 unspecified atom stereocenters. The number of aryl methyl sites for hydroxylation is 2. The third kappa shape index (κ3) is 3.29. The fourth-order valence-corrected chi connectivity index (χ4v) is 2.78. The summed E-state index contributed by atoms with van der Waals surface area (Å²) in [6.45, 7) is 3.46. The molecule has 0 spiro atoms. The van der Waals surface area contributed by atoms with Crippen molar-refractivity contribution in [3.63, 3.8) is 0 Å².